The molecular formula is C20H25FN6O. The maximum absolute atomic E-state index is 13.5. The van der Waals surface area contributed by atoms with Gasteiger partial charge in [0.25, 0.3) is 0 Å². The van der Waals surface area contributed by atoms with E-state index in [1.54, 1.807) is 12.4 Å². The van der Waals surface area contributed by atoms with E-state index in [4.69, 9.17) is 9.41 Å². The van der Waals surface area contributed by atoms with Crippen LogP contribution in [0.2, 0.25) is 0 Å². The number of nitrogens with zero attached hydrogens (tertiary/aromatic N) is 4. The Morgan fingerprint density at radius 3 is 2.93 bits per heavy atom. The molecule has 1 aliphatic heterocycles. The zero-order valence-corrected chi connectivity index (χ0v) is 16.2. The van der Waals surface area contributed by atoms with Crippen molar-refractivity contribution >= 4 is 16.9 Å². The molecule has 0 bridgehead atoms. The van der Waals surface area contributed by atoms with E-state index in [1.165, 1.54) is 12.1 Å². The summed E-state index contributed by atoms with van der Waals surface area (Å²) < 4.78 is 19.4. The van der Waals surface area contributed by atoms with Crippen LogP contribution in [0.1, 0.15) is 42.8 Å². The van der Waals surface area contributed by atoms with Gasteiger partial charge in [0, 0.05) is 36.5 Å². The maximum atomic E-state index is 13.5. The van der Waals surface area contributed by atoms with Crippen LogP contribution >= 0.6 is 0 Å². The molecule has 4 rings (SSSR count). The first-order valence-corrected chi connectivity index (χ1v) is 9.71. The van der Waals surface area contributed by atoms with Gasteiger partial charge in [0.05, 0.1) is 0 Å². The Kier molecular flexibility index (Phi) is 5.27. The van der Waals surface area contributed by atoms with E-state index < -0.39 is 0 Å². The van der Waals surface area contributed by atoms with Crippen LogP contribution in [0.15, 0.2) is 33.9 Å². The van der Waals surface area contributed by atoms with Gasteiger partial charge >= 0.3 is 0 Å². The molecule has 0 radical (unpaired) electrons. The molecule has 0 spiro atoms. The topological polar surface area (TPSA) is 82.3 Å². The molecule has 0 amide bonds. The predicted molar refractivity (Wildman–Crippen MR) is 106 cm³/mol. The molecule has 1 aromatic carbocycles. The number of nitrogens with one attached hydrogen (secondary N) is 2. The Morgan fingerprint density at radius 1 is 1.39 bits per heavy atom. The molecule has 8 heteroatoms. The zero-order valence-electron chi connectivity index (χ0n) is 16.2. The van der Waals surface area contributed by atoms with E-state index in [1.807, 2.05) is 6.92 Å². The van der Waals surface area contributed by atoms with Crippen molar-refractivity contribution in [2.75, 3.05) is 19.6 Å². The van der Waals surface area contributed by atoms with E-state index >= 15 is 0 Å². The van der Waals surface area contributed by atoms with Gasteiger partial charge in [-0.3, -0.25) is 5.10 Å². The number of hydrogen-bond donors (Lipinski definition) is 2. The normalized spacial score (nSPS) is 16.1. The number of likely N-dealkylation sites (tertiary alicyclic amines) is 1. The van der Waals surface area contributed by atoms with Gasteiger partial charge in [-0.2, -0.15) is 5.10 Å². The Labute approximate surface area is 163 Å². The Balaban J connectivity index is 1.47. The summed E-state index contributed by atoms with van der Waals surface area (Å²) in [4.78, 5) is 11.3. The molecule has 28 heavy (non-hydrogen) atoms. The number of aromatic amines is 1. The molecule has 7 nitrogen and oxygen atoms in total. The number of benzene rings is 1. The average Bonchev–Trinajstić information content (AvgIpc) is 3.35. The monoisotopic (exact) mass is 384 g/mol. The summed E-state index contributed by atoms with van der Waals surface area (Å²) in [7, 11) is 0. The second kappa shape index (κ2) is 8.00. The van der Waals surface area contributed by atoms with Crippen molar-refractivity contribution in [1.82, 2.24) is 25.4 Å². The number of aromatic nitrogens is 3. The number of hydrogen-bond acceptors (Lipinski definition) is 4. The van der Waals surface area contributed by atoms with Crippen LogP contribution in [0.25, 0.3) is 11.0 Å². The molecule has 1 aliphatic rings. The van der Waals surface area contributed by atoms with Crippen LogP contribution < -0.4 is 5.32 Å². The molecular weight excluding hydrogens is 359 g/mol. The van der Waals surface area contributed by atoms with E-state index in [-0.39, 0.29) is 5.82 Å². The van der Waals surface area contributed by atoms with Crippen molar-refractivity contribution in [3.63, 3.8) is 0 Å². The number of rotatable bonds is 4. The molecule has 0 aliphatic carbocycles. The number of H-pyrrole nitrogens is 1. The lowest BCUT2D eigenvalue weighted by Gasteiger charge is -2.33. The minimum atomic E-state index is -0.255. The first-order valence-electron chi connectivity index (χ1n) is 9.71. The Hall–Kier alpha value is -2.90. The molecule has 0 atom stereocenters. The molecule has 2 N–H and O–H groups in total. The average molecular weight is 384 g/mol. The smallest absolute Gasteiger partial charge is 0.194 e. The number of furan rings is 1. The third-order valence-corrected chi connectivity index (χ3v) is 5.32. The summed E-state index contributed by atoms with van der Waals surface area (Å²) in [5.41, 5.74) is 1.64. The number of aliphatic imine (C=N–C) groups is 1. The summed E-state index contributed by atoms with van der Waals surface area (Å²) in [6.45, 7) is 7.04. The zero-order chi connectivity index (χ0) is 19.5. The summed E-state index contributed by atoms with van der Waals surface area (Å²) in [6.07, 6.45) is 3.57. The number of piperidine rings is 1. The minimum absolute atomic E-state index is 0.255. The number of halogens is 1. The number of aryl methyl sites for hydroxylation is 1. The Morgan fingerprint density at radius 2 is 2.21 bits per heavy atom. The summed E-state index contributed by atoms with van der Waals surface area (Å²) >= 11 is 0. The molecule has 1 fully saturated rings. The van der Waals surface area contributed by atoms with Crippen LogP contribution in [0.3, 0.4) is 0 Å². The van der Waals surface area contributed by atoms with Gasteiger partial charge in [0.2, 0.25) is 0 Å². The van der Waals surface area contributed by atoms with Crippen molar-refractivity contribution in [1.29, 1.82) is 0 Å². The first kappa shape index (κ1) is 18.5. The third kappa shape index (κ3) is 3.72. The van der Waals surface area contributed by atoms with Crippen LogP contribution in [0.4, 0.5) is 4.39 Å². The summed E-state index contributed by atoms with van der Waals surface area (Å²) in [5, 5.41) is 11.1. The fourth-order valence-corrected chi connectivity index (χ4v) is 3.74. The highest BCUT2D eigenvalue weighted by Crippen LogP contribution is 2.27. The summed E-state index contributed by atoms with van der Waals surface area (Å²) in [6, 6.07) is 4.60. The van der Waals surface area contributed by atoms with Gasteiger partial charge in [-0.25, -0.2) is 14.4 Å². The highest BCUT2D eigenvalue weighted by Gasteiger charge is 2.24. The fraction of sp³-hybridized carbons (Fsp3) is 0.450. The first-order chi connectivity index (χ1) is 13.7. The van der Waals surface area contributed by atoms with E-state index in [9.17, 15) is 4.39 Å². The maximum Gasteiger partial charge on any atom is 0.194 e. The van der Waals surface area contributed by atoms with E-state index in [2.05, 4.69) is 32.3 Å². The quantitative estimate of drug-likeness (QED) is 0.533. The highest BCUT2D eigenvalue weighted by atomic mass is 19.1. The molecule has 3 aromatic rings. The number of guanidine groups is 1. The van der Waals surface area contributed by atoms with E-state index in [0.29, 0.717) is 18.0 Å². The van der Waals surface area contributed by atoms with Crippen LogP contribution in [0, 0.1) is 12.7 Å². The Bertz CT molecular complexity index is 957. The van der Waals surface area contributed by atoms with Gasteiger partial charge in [0.15, 0.2) is 5.96 Å². The predicted octanol–water partition coefficient (Wildman–Crippen LogP) is 3.34. The third-order valence-electron chi connectivity index (χ3n) is 5.32. The molecule has 0 saturated carbocycles. The second-order valence-electron chi connectivity index (χ2n) is 7.09. The van der Waals surface area contributed by atoms with Gasteiger partial charge in [-0.1, -0.05) is 0 Å². The lowest BCUT2D eigenvalue weighted by atomic mass is 9.96. The lowest BCUT2D eigenvalue weighted by molar-refractivity contribution is 0.298. The van der Waals surface area contributed by atoms with Crippen LogP contribution in [0.5, 0.6) is 0 Å². The standard InChI is InChI=1S/C20H25FN6O/c1-3-22-20(27-8-6-14(7-9-27)19-24-12-25-26-19)23-11-18-13(2)16-10-15(21)4-5-17(16)28-18/h4-5,10,12,14H,3,6-9,11H2,1-2H3,(H,22,23)(H,24,25,26). The molecule has 3 heterocycles. The van der Waals surface area contributed by atoms with Crippen LogP contribution in [-0.4, -0.2) is 45.7 Å². The van der Waals surface area contributed by atoms with Crippen molar-refractivity contribution in [2.45, 2.75) is 39.2 Å². The van der Waals surface area contributed by atoms with Gasteiger partial charge in [-0.15, -0.1) is 0 Å². The molecule has 0 unspecified atom stereocenters. The molecule has 148 valence electrons. The van der Waals surface area contributed by atoms with Gasteiger partial charge in [0.1, 0.15) is 35.9 Å². The van der Waals surface area contributed by atoms with Crippen LogP contribution in [-0.2, 0) is 6.54 Å². The van der Waals surface area contributed by atoms with Gasteiger partial charge < -0.3 is 14.6 Å². The van der Waals surface area contributed by atoms with Crippen molar-refractivity contribution < 1.29 is 8.81 Å². The van der Waals surface area contributed by atoms with Crippen molar-refractivity contribution in [3.05, 3.63) is 47.5 Å². The van der Waals surface area contributed by atoms with E-state index in [0.717, 1.165) is 61.0 Å². The highest BCUT2D eigenvalue weighted by molar-refractivity contribution is 5.83. The molecule has 1 saturated heterocycles. The van der Waals surface area contributed by atoms with Gasteiger partial charge in [-0.05, 0) is 44.9 Å². The molecule has 2 aromatic heterocycles. The SMILES string of the molecule is CCNC(=NCc1oc2ccc(F)cc2c1C)N1CCC(c2ncn[nH]2)CC1. The summed E-state index contributed by atoms with van der Waals surface area (Å²) in [5.74, 6) is 2.77. The second-order valence-corrected chi connectivity index (χ2v) is 7.09. The fourth-order valence-electron chi connectivity index (χ4n) is 3.74. The van der Waals surface area contributed by atoms with Crippen molar-refractivity contribution in [2.24, 2.45) is 4.99 Å². The largest absolute Gasteiger partial charge is 0.459 e. The minimum Gasteiger partial charge on any atom is -0.459 e. The lowest BCUT2D eigenvalue weighted by Crippen LogP contribution is -2.45. The number of fused-ring (bicyclic) bond motifs is 1. The van der Waals surface area contributed by atoms with Crippen molar-refractivity contribution in [3.8, 4) is 0 Å².